The van der Waals surface area contributed by atoms with Crippen LogP contribution in [0.1, 0.15) is 33.1 Å². The smallest absolute Gasteiger partial charge is 0.0692 e. The average molecular weight is 158 g/mol. The van der Waals surface area contributed by atoms with Crippen LogP contribution < -0.4 is 0 Å². The normalized spacial score (nSPS) is 17.1. The van der Waals surface area contributed by atoms with E-state index in [0.717, 1.165) is 19.3 Å². The Balaban J connectivity index is 3.14. The van der Waals surface area contributed by atoms with Crippen molar-refractivity contribution in [3.63, 3.8) is 0 Å². The minimum absolute atomic E-state index is 0.199. The monoisotopic (exact) mass is 158 g/mol. The van der Waals surface area contributed by atoms with Crippen LogP contribution in [-0.2, 0) is 0 Å². The van der Waals surface area contributed by atoms with E-state index in [9.17, 15) is 0 Å². The van der Waals surface area contributed by atoms with Gasteiger partial charge in [0.25, 0.3) is 0 Å². The van der Waals surface area contributed by atoms with Crippen LogP contribution in [0.5, 0.6) is 0 Å². The molecule has 0 aliphatic heterocycles. The lowest BCUT2D eigenvalue weighted by atomic mass is 10.1. The summed E-state index contributed by atoms with van der Waals surface area (Å²) >= 11 is 0. The molecule has 0 saturated carbocycles. The minimum atomic E-state index is -0.346. The van der Waals surface area contributed by atoms with Crippen LogP contribution in [0.4, 0.5) is 0 Å². The van der Waals surface area contributed by atoms with Gasteiger partial charge in [-0.05, 0) is 33.1 Å². The Morgan fingerprint density at radius 2 is 1.91 bits per heavy atom. The molecule has 2 atom stereocenters. The Hall–Kier alpha value is -0.340. The van der Waals surface area contributed by atoms with Gasteiger partial charge in [-0.3, -0.25) is 0 Å². The summed E-state index contributed by atoms with van der Waals surface area (Å²) in [4.78, 5) is 0. The van der Waals surface area contributed by atoms with Gasteiger partial charge < -0.3 is 10.2 Å². The van der Waals surface area contributed by atoms with E-state index in [4.69, 9.17) is 10.2 Å². The van der Waals surface area contributed by atoms with Crippen molar-refractivity contribution in [1.29, 1.82) is 0 Å². The molecule has 0 rings (SSSR count). The van der Waals surface area contributed by atoms with Gasteiger partial charge in [0.1, 0.15) is 0 Å². The highest BCUT2D eigenvalue weighted by Crippen LogP contribution is 2.00. The van der Waals surface area contributed by atoms with E-state index >= 15 is 0 Å². The van der Waals surface area contributed by atoms with Crippen molar-refractivity contribution >= 4 is 0 Å². The van der Waals surface area contributed by atoms with Crippen LogP contribution in [0.25, 0.3) is 0 Å². The Morgan fingerprint density at radius 1 is 1.27 bits per heavy atom. The van der Waals surface area contributed by atoms with Gasteiger partial charge >= 0.3 is 0 Å². The fraction of sp³-hybridized carbons (Fsp3) is 0.778. The van der Waals surface area contributed by atoms with Crippen LogP contribution in [0.15, 0.2) is 12.2 Å². The predicted molar refractivity (Wildman–Crippen MR) is 46.4 cm³/mol. The number of aliphatic hydroxyl groups is 2. The van der Waals surface area contributed by atoms with Crippen LogP contribution in [-0.4, -0.2) is 22.4 Å². The topological polar surface area (TPSA) is 40.5 Å². The predicted octanol–water partition coefficient (Wildman–Crippen LogP) is 1.47. The summed E-state index contributed by atoms with van der Waals surface area (Å²) in [7, 11) is 0. The van der Waals surface area contributed by atoms with Crippen molar-refractivity contribution in [2.45, 2.75) is 45.3 Å². The molecule has 0 heterocycles. The molecule has 0 unspecified atom stereocenters. The minimum Gasteiger partial charge on any atom is -0.393 e. The molecule has 0 bridgehead atoms. The summed E-state index contributed by atoms with van der Waals surface area (Å²) < 4.78 is 0. The number of hydrogen-bond acceptors (Lipinski definition) is 2. The zero-order valence-corrected chi connectivity index (χ0v) is 7.33. The van der Waals surface area contributed by atoms with Crippen molar-refractivity contribution < 1.29 is 10.2 Å². The SMILES string of the molecule is C[C@H](O)/C=C\CCC[C@@H](C)O. The highest BCUT2D eigenvalue weighted by atomic mass is 16.3. The fourth-order valence-corrected chi connectivity index (χ4v) is 0.824. The molecule has 0 aliphatic carbocycles. The fourth-order valence-electron chi connectivity index (χ4n) is 0.824. The van der Waals surface area contributed by atoms with Gasteiger partial charge in [0.2, 0.25) is 0 Å². The molecule has 0 saturated heterocycles. The molecule has 0 aromatic rings. The number of rotatable bonds is 5. The van der Waals surface area contributed by atoms with Gasteiger partial charge in [-0.2, -0.15) is 0 Å². The largest absolute Gasteiger partial charge is 0.393 e. The van der Waals surface area contributed by atoms with Crippen molar-refractivity contribution in [1.82, 2.24) is 0 Å². The second-order valence-electron chi connectivity index (χ2n) is 2.95. The van der Waals surface area contributed by atoms with E-state index in [2.05, 4.69) is 0 Å². The van der Waals surface area contributed by atoms with E-state index < -0.39 is 0 Å². The van der Waals surface area contributed by atoms with Crippen molar-refractivity contribution in [3.8, 4) is 0 Å². The van der Waals surface area contributed by atoms with Crippen LogP contribution >= 0.6 is 0 Å². The Morgan fingerprint density at radius 3 is 2.36 bits per heavy atom. The Kier molecular flexibility index (Phi) is 6.18. The molecule has 0 aromatic heterocycles. The Labute approximate surface area is 68.6 Å². The first kappa shape index (κ1) is 10.7. The third-order valence-corrected chi connectivity index (χ3v) is 1.41. The molecule has 2 heteroatoms. The molecular weight excluding hydrogens is 140 g/mol. The highest BCUT2D eigenvalue weighted by Gasteiger charge is 1.92. The summed E-state index contributed by atoms with van der Waals surface area (Å²) in [5.41, 5.74) is 0. The Bertz CT molecular complexity index is 106. The summed E-state index contributed by atoms with van der Waals surface area (Å²) in [6, 6.07) is 0. The standard InChI is InChI=1S/C9H18O2/c1-8(10)6-4-3-5-7-9(2)11/h4,6,8-11H,3,5,7H2,1-2H3/b6-4-/t8-,9+/m0/s1. The third-order valence-electron chi connectivity index (χ3n) is 1.41. The molecular formula is C9H18O2. The first-order valence-electron chi connectivity index (χ1n) is 4.15. The second-order valence-corrected chi connectivity index (χ2v) is 2.95. The molecule has 0 fully saturated rings. The number of unbranched alkanes of at least 4 members (excludes halogenated alkanes) is 1. The number of allylic oxidation sites excluding steroid dienone is 1. The lowest BCUT2D eigenvalue weighted by molar-refractivity contribution is 0.182. The summed E-state index contributed by atoms with van der Waals surface area (Å²) in [6.45, 7) is 3.52. The van der Waals surface area contributed by atoms with Gasteiger partial charge in [0.15, 0.2) is 0 Å². The van der Waals surface area contributed by atoms with Gasteiger partial charge in [-0.1, -0.05) is 12.2 Å². The van der Waals surface area contributed by atoms with Crippen molar-refractivity contribution in [2.24, 2.45) is 0 Å². The molecule has 11 heavy (non-hydrogen) atoms. The lowest BCUT2D eigenvalue weighted by Crippen LogP contribution is -1.98. The number of hydrogen-bond donors (Lipinski definition) is 2. The highest BCUT2D eigenvalue weighted by molar-refractivity contribution is 4.85. The molecule has 2 nitrogen and oxygen atoms in total. The van der Waals surface area contributed by atoms with Crippen LogP contribution in [0.3, 0.4) is 0 Å². The van der Waals surface area contributed by atoms with Crippen molar-refractivity contribution in [2.75, 3.05) is 0 Å². The van der Waals surface area contributed by atoms with Gasteiger partial charge in [-0.25, -0.2) is 0 Å². The quantitative estimate of drug-likeness (QED) is 0.470. The van der Waals surface area contributed by atoms with Crippen LogP contribution in [0, 0.1) is 0 Å². The molecule has 0 aliphatic rings. The maximum atomic E-state index is 8.89. The van der Waals surface area contributed by atoms with Gasteiger partial charge in [0.05, 0.1) is 12.2 Å². The average Bonchev–Trinajstić information content (AvgIpc) is 1.85. The maximum absolute atomic E-state index is 8.89. The first-order chi connectivity index (χ1) is 5.13. The molecule has 2 N–H and O–H groups in total. The summed E-state index contributed by atoms with van der Waals surface area (Å²) in [6.07, 6.45) is 5.94. The lowest BCUT2D eigenvalue weighted by Gasteiger charge is -2.00. The zero-order valence-electron chi connectivity index (χ0n) is 7.33. The molecule has 0 amide bonds. The van der Waals surface area contributed by atoms with Gasteiger partial charge in [-0.15, -0.1) is 0 Å². The van der Waals surface area contributed by atoms with E-state index in [0.29, 0.717) is 0 Å². The summed E-state index contributed by atoms with van der Waals surface area (Å²) in [5.74, 6) is 0. The second kappa shape index (κ2) is 6.38. The molecule has 66 valence electrons. The first-order valence-corrected chi connectivity index (χ1v) is 4.15. The van der Waals surface area contributed by atoms with E-state index in [1.54, 1.807) is 19.9 Å². The molecule has 0 radical (unpaired) electrons. The third kappa shape index (κ3) is 9.66. The zero-order chi connectivity index (χ0) is 8.69. The maximum Gasteiger partial charge on any atom is 0.0692 e. The summed E-state index contributed by atoms with van der Waals surface area (Å²) in [5, 5.41) is 17.7. The molecule has 0 aromatic carbocycles. The van der Waals surface area contributed by atoms with E-state index in [1.165, 1.54) is 0 Å². The van der Waals surface area contributed by atoms with E-state index in [1.807, 2.05) is 6.08 Å². The molecule has 0 spiro atoms. The van der Waals surface area contributed by atoms with Gasteiger partial charge in [0, 0.05) is 0 Å². The van der Waals surface area contributed by atoms with E-state index in [-0.39, 0.29) is 12.2 Å². The number of aliphatic hydroxyl groups excluding tert-OH is 2. The van der Waals surface area contributed by atoms with Crippen molar-refractivity contribution in [3.05, 3.63) is 12.2 Å². The van der Waals surface area contributed by atoms with Crippen LogP contribution in [0.2, 0.25) is 0 Å².